The minimum atomic E-state index is -0.901. The fourth-order valence-corrected chi connectivity index (χ4v) is 3.96. The van der Waals surface area contributed by atoms with Crippen molar-refractivity contribution in [1.29, 1.82) is 0 Å². The Morgan fingerprint density at radius 3 is 2.50 bits per heavy atom. The molecule has 0 radical (unpaired) electrons. The van der Waals surface area contributed by atoms with Crippen molar-refractivity contribution in [1.82, 2.24) is 5.32 Å². The molecule has 0 heterocycles. The smallest absolute Gasteiger partial charge is 0.307 e. The molecule has 0 aliphatic heterocycles. The van der Waals surface area contributed by atoms with Gasteiger partial charge in [-0.05, 0) is 36.0 Å². The Kier molecular flexibility index (Phi) is 4.15. The summed E-state index contributed by atoms with van der Waals surface area (Å²) in [5.41, 5.74) is 0.755. The lowest BCUT2D eigenvalue weighted by atomic mass is 9.82. The number of rotatable bonds is 4. The van der Waals surface area contributed by atoms with E-state index in [0.29, 0.717) is 10.0 Å². The molecule has 2 aliphatic rings. The van der Waals surface area contributed by atoms with Gasteiger partial charge in [0.05, 0.1) is 11.8 Å². The average Bonchev–Trinajstić information content (AvgIpc) is 3.06. The minimum absolute atomic E-state index is 0.0202. The van der Waals surface area contributed by atoms with Gasteiger partial charge in [-0.25, -0.2) is 0 Å². The van der Waals surface area contributed by atoms with Crippen LogP contribution in [0.25, 0.3) is 0 Å². The second-order valence-electron chi connectivity index (χ2n) is 5.79. The number of nitrogens with one attached hydrogen (secondary N) is 1. The molecule has 0 saturated heterocycles. The fraction of sp³-hybridized carbons (Fsp3) is 0.375. The number of hydrogen-bond donors (Lipinski definition) is 2. The monoisotopic (exact) mass is 339 g/mol. The zero-order valence-electron chi connectivity index (χ0n) is 11.6. The summed E-state index contributed by atoms with van der Waals surface area (Å²) in [6.07, 6.45) is 4.63. The van der Waals surface area contributed by atoms with E-state index in [-0.39, 0.29) is 24.3 Å². The summed E-state index contributed by atoms with van der Waals surface area (Å²) in [7, 11) is 0. The molecule has 1 aromatic rings. The Morgan fingerprint density at radius 1 is 1.18 bits per heavy atom. The summed E-state index contributed by atoms with van der Waals surface area (Å²) in [6, 6.07) is 5.07. The molecule has 1 amide bonds. The van der Waals surface area contributed by atoms with Gasteiger partial charge < -0.3 is 10.4 Å². The van der Waals surface area contributed by atoms with Gasteiger partial charge in [0.15, 0.2) is 0 Å². The molecule has 1 fully saturated rings. The highest BCUT2D eigenvalue weighted by Crippen LogP contribution is 2.48. The van der Waals surface area contributed by atoms with Crippen LogP contribution in [0.4, 0.5) is 0 Å². The van der Waals surface area contributed by atoms with E-state index in [4.69, 9.17) is 23.2 Å². The molecule has 0 aromatic heterocycles. The van der Waals surface area contributed by atoms with E-state index in [2.05, 4.69) is 5.32 Å². The van der Waals surface area contributed by atoms with Crippen molar-refractivity contribution in [3.05, 3.63) is 46.0 Å². The maximum atomic E-state index is 12.4. The Morgan fingerprint density at radius 2 is 1.86 bits per heavy atom. The number of carboxylic acids is 1. The highest BCUT2D eigenvalue weighted by Gasteiger charge is 2.51. The molecule has 2 N–H and O–H groups in total. The van der Waals surface area contributed by atoms with E-state index in [1.165, 1.54) is 0 Å². The van der Waals surface area contributed by atoms with Crippen LogP contribution in [0.5, 0.6) is 0 Å². The summed E-state index contributed by atoms with van der Waals surface area (Å²) < 4.78 is 0. The number of carbonyl (C=O) groups excluding carboxylic acids is 1. The van der Waals surface area contributed by atoms with Crippen LogP contribution in [0, 0.1) is 23.7 Å². The molecule has 2 bridgehead atoms. The van der Waals surface area contributed by atoms with Crippen molar-refractivity contribution >= 4 is 35.1 Å². The fourth-order valence-electron chi connectivity index (χ4n) is 3.48. The molecule has 0 spiro atoms. The van der Waals surface area contributed by atoms with Crippen LogP contribution in [0.1, 0.15) is 12.0 Å². The first-order chi connectivity index (χ1) is 10.5. The molecule has 6 heteroatoms. The van der Waals surface area contributed by atoms with Crippen molar-refractivity contribution in [3.8, 4) is 0 Å². The summed E-state index contributed by atoms with van der Waals surface area (Å²) in [5.74, 6) is -2.27. The first-order valence-corrected chi connectivity index (χ1v) is 7.85. The van der Waals surface area contributed by atoms with E-state index < -0.39 is 17.8 Å². The second-order valence-corrected chi connectivity index (χ2v) is 6.64. The molecule has 22 heavy (non-hydrogen) atoms. The molecule has 116 valence electrons. The van der Waals surface area contributed by atoms with Crippen LogP contribution in [0.2, 0.25) is 10.0 Å². The standard InChI is InChI=1S/C16H15Cl2NO3/c17-11-4-3-10(12(18)6-11)7-19-15(20)13-8-1-2-9(5-8)14(13)16(21)22/h1-4,6,8-9,13-14H,5,7H2,(H,19,20)(H,21,22)/t8-,9+,13-,14-/m0/s1. The van der Waals surface area contributed by atoms with E-state index in [1.807, 2.05) is 12.2 Å². The van der Waals surface area contributed by atoms with E-state index in [9.17, 15) is 14.7 Å². The maximum absolute atomic E-state index is 12.4. The van der Waals surface area contributed by atoms with Crippen LogP contribution >= 0.6 is 23.2 Å². The quantitative estimate of drug-likeness (QED) is 0.828. The lowest BCUT2D eigenvalue weighted by Gasteiger charge is -2.24. The first kappa shape index (κ1) is 15.4. The SMILES string of the molecule is O=C(O)[C@@H]1[C@@H](C(=O)NCc2ccc(Cl)cc2Cl)[C@H]2C=C[C@@H]1C2. The lowest BCUT2D eigenvalue weighted by molar-refractivity contribution is -0.147. The predicted molar refractivity (Wildman–Crippen MR) is 83.7 cm³/mol. The number of fused-ring (bicyclic) bond motifs is 2. The van der Waals surface area contributed by atoms with Crippen LogP contribution in [0.15, 0.2) is 30.4 Å². The third-order valence-corrected chi connectivity index (χ3v) is 5.10. The third kappa shape index (κ3) is 2.73. The van der Waals surface area contributed by atoms with Crippen molar-refractivity contribution < 1.29 is 14.7 Å². The second kappa shape index (κ2) is 5.94. The summed E-state index contributed by atoms with van der Waals surface area (Å²) in [5, 5.41) is 13.2. The van der Waals surface area contributed by atoms with E-state index in [0.717, 1.165) is 12.0 Å². The molecule has 0 unspecified atom stereocenters. The highest BCUT2D eigenvalue weighted by atomic mass is 35.5. The molecular weight excluding hydrogens is 325 g/mol. The van der Waals surface area contributed by atoms with Crippen LogP contribution in [-0.2, 0) is 16.1 Å². The van der Waals surface area contributed by atoms with E-state index in [1.54, 1.807) is 18.2 Å². The van der Waals surface area contributed by atoms with Gasteiger partial charge in [0.2, 0.25) is 5.91 Å². The average molecular weight is 340 g/mol. The summed E-state index contributed by atoms with van der Waals surface area (Å²) in [4.78, 5) is 23.8. The van der Waals surface area contributed by atoms with Crippen LogP contribution in [-0.4, -0.2) is 17.0 Å². The first-order valence-electron chi connectivity index (χ1n) is 7.10. The third-order valence-electron chi connectivity index (χ3n) is 4.52. The Hall–Kier alpha value is -1.52. The van der Waals surface area contributed by atoms with Gasteiger partial charge in [-0.2, -0.15) is 0 Å². The highest BCUT2D eigenvalue weighted by molar-refractivity contribution is 6.35. The molecule has 3 rings (SSSR count). The van der Waals surface area contributed by atoms with Gasteiger partial charge in [0.25, 0.3) is 0 Å². The number of halogens is 2. The Labute approximate surface area is 138 Å². The molecule has 1 saturated carbocycles. The number of benzene rings is 1. The maximum Gasteiger partial charge on any atom is 0.307 e. The van der Waals surface area contributed by atoms with Crippen LogP contribution < -0.4 is 5.32 Å². The molecule has 1 aromatic carbocycles. The van der Waals surface area contributed by atoms with Gasteiger partial charge in [-0.1, -0.05) is 41.4 Å². The van der Waals surface area contributed by atoms with Crippen molar-refractivity contribution in [3.63, 3.8) is 0 Å². The zero-order chi connectivity index (χ0) is 15.9. The van der Waals surface area contributed by atoms with Gasteiger partial charge in [0.1, 0.15) is 0 Å². The number of allylic oxidation sites excluding steroid dienone is 2. The topological polar surface area (TPSA) is 66.4 Å². The van der Waals surface area contributed by atoms with Crippen molar-refractivity contribution in [2.45, 2.75) is 13.0 Å². The number of aliphatic carboxylic acids is 1. The number of carboxylic acid groups (broad SMARTS) is 1. The number of carbonyl (C=O) groups is 2. The van der Waals surface area contributed by atoms with Crippen molar-refractivity contribution in [2.24, 2.45) is 23.7 Å². The van der Waals surface area contributed by atoms with Gasteiger partial charge in [-0.3, -0.25) is 9.59 Å². The predicted octanol–water partition coefficient (Wildman–Crippen LogP) is 3.13. The van der Waals surface area contributed by atoms with Crippen molar-refractivity contribution in [2.75, 3.05) is 0 Å². The number of hydrogen-bond acceptors (Lipinski definition) is 2. The Balaban J connectivity index is 1.69. The zero-order valence-corrected chi connectivity index (χ0v) is 13.1. The van der Waals surface area contributed by atoms with Crippen LogP contribution in [0.3, 0.4) is 0 Å². The molecule has 2 aliphatic carbocycles. The van der Waals surface area contributed by atoms with Gasteiger partial charge in [-0.15, -0.1) is 0 Å². The molecule has 4 nitrogen and oxygen atoms in total. The molecular formula is C16H15Cl2NO3. The molecule has 4 atom stereocenters. The largest absolute Gasteiger partial charge is 0.481 e. The number of amides is 1. The normalized spacial score (nSPS) is 28.8. The summed E-state index contributed by atoms with van der Waals surface area (Å²) >= 11 is 11.9. The van der Waals surface area contributed by atoms with E-state index >= 15 is 0 Å². The summed E-state index contributed by atoms with van der Waals surface area (Å²) in [6.45, 7) is 0.263. The Bertz CT molecular complexity index is 659. The van der Waals surface area contributed by atoms with Gasteiger partial charge >= 0.3 is 5.97 Å². The minimum Gasteiger partial charge on any atom is -0.481 e. The lowest BCUT2D eigenvalue weighted by Crippen LogP contribution is -2.39. The van der Waals surface area contributed by atoms with Gasteiger partial charge in [0, 0.05) is 16.6 Å².